The Bertz CT molecular complexity index is 553. The fourth-order valence-corrected chi connectivity index (χ4v) is 4.00. The molecule has 3 rings (SSSR count). The summed E-state index contributed by atoms with van der Waals surface area (Å²) < 4.78 is 18.2. The van der Waals surface area contributed by atoms with Crippen molar-refractivity contribution in [1.29, 1.82) is 0 Å². The van der Waals surface area contributed by atoms with Gasteiger partial charge >= 0.3 is 0 Å². The number of benzene rings is 1. The lowest BCUT2D eigenvalue weighted by molar-refractivity contribution is -0.0985. The number of ether oxygens (including phenoxy) is 3. The highest BCUT2D eigenvalue weighted by atomic mass is 16.6. The first-order valence-electron chi connectivity index (χ1n) is 8.61. The van der Waals surface area contributed by atoms with Crippen molar-refractivity contribution in [1.82, 2.24) is 0 Å². The number of rotatable bonds is 7. The summed E-state index contributed by atoms with van der Waals surface area (Å²) in [4.78, 5) is 0. The van der Waals surface area contributed by atoms with E-state index in [4.69, 9.17) is 14.2 Å². The lowest BCUT2D eigenvalue weighted by atomic mass is 9.72. The van der Waals surface area contributed by atoms with Crippen molar-refractivity contribution in [2.24, 2.45) is 5.92 Å². The SMILES string of the molecule is C=C1[C@@H](OCCOCc2ccccc2)[C@]2(C)CC[C@@]1(C(C)C)O2. The van der Waals surface area contributed by atoms with E-state index in [1.165, 1.54) is 5.56 Å². The minimum absolute atomic E-state index is 0.0148. The molecule has 2 saturated heterocycles. The minimum atomic E-state index is -0.221. The van der Waals surface area contributed by atoms with Crippen molar-refractivity contribution in [3.05, 3.63) is 48.0 Å². The second-order valence-electron chi connectivity index (χ2n) is 7.27. The fraction of sp³-hybridized carbons (Fsp3) is 0.600. The fourth-order valence-electron chi connectivity index (χ4n) is 4.00. The van der Waals surface area contributed by atoms with E-state index in [1.807, 2.05) is 18.2 Å². The summed E-state index contributed by atoms with van der Waals surface area (Å²) in [5.41, 5.74) is 1.89. The molecule has 3 atom stereocenters. The Balaban J connectivity index is 1.48. The molecule has 1 aromatic rings. The summed E-state index contributed by atoms with van der Waals surface area (Å²) in [7, 11) is 0. The van der Waals surface area contributed by atoms with Gasteiger partial charge in [0.05, 0.1) is 31.0 Å². The summed E-state index contributed by atoms with van der Waals surface area (Å²) in [6.07, 6.45) is 2.09. The quantitative estimate of drug-likeness (QED) is 0.559. The van der Waals surface area contributed by atoms with Crippen LogP contribution in [0.4, 0.5) is 0 Å². The predicted molar refractivity (Wildman–Crippen MR) is 91.3 cm³/mol. The van der Waals surface area contributed by atoms with Gasteiger partial charge in [0, 0.05) is 0 Å². The van der Waals surface area contributed by atoms with Crippen LogP contribution in [0.2, 0.25) is 0 Å². The molecular weight excluding hydrogens is 288 g/mol. The van der Waals surface area contributed by atoms with Crippen molar-refractivity contribution < 1.29 is 14.2 Å². The molecule has 126 valence electrons. The zero-order chi connectivity index (χ0) is 16.5. The summed E-state index contributed by atoms with van der Waals surface area (Å²) in [6.45, 7) is 12.7. The molecule has 0 unspecified atom stereocenters. The van der Waals surface area contributed by atoms with Gasteiger partial charge in [-0.15, -0.1) is 0 Å². The number of hydrogen-bond acceptors (Lipinski definition) is 3. The van der Waals surface area contributed by atoms with E-state index in [9.17, 15) is 0 Å². The molecule has 0 radical (unpaired) electrons. The van der Waals surface area contributed by atoms with E-state index >= 15 is 0 Å². The number of hydrogen-bond donors (Lipinski definition) is 0. The Labute approximate surface area is 139 Å². The molecule has 3 nitrogen and oxygen atoms in total. The molecule has 3 heteroatoms. The summed E-state index contributed by atoms with van der Waals surface area (Å²) in [5.74, 6) is 0.430. The molecule has 1 aromatic carbocycles. The third-order valence-electron chi connectivity index (χ3n) is 5.38. The van der Waals surface area contributed by atoms with Gasteiger partial charge in [-0.05, 0) is 36.8 Å². The van der Waals surface area contributed by atoms with E-state index in [-0.39, 0.29) is 17.3 Å². The zero-order valence-electron chi connectivity index (χ0n) is 14.5. The third kappa shape index (κ3) is 2.98. The standard InChI is InChI=1S/C20H28O3/c1-15(2)20-11-10-19(4,23-20)18(16(20)3)22-13-12-21-14-17-8-6-5-7-9-17/h5-9,15,18H,3,10-14H2,1-2,4H3/t18-,19+,20+/m1/s1. The normalized spacial score (nSPS) is 32.9. The Morgan fingerprint density at radius 3 is 2.61 bits per heavy atom. The molecular formula is C20H28O3. The maximum atomic E-state index is 6.39. The van der Waals surface area contributed by atoms with Crippen molar-refractivity contribution in [2.45, 2.75) is 57.5 Å². The zero-order valence-corrected chi connectivity index (χ0v) is 14.5. The van der Waals surface area contributed by atoms with Crippen LogP contribution < -0.4 is 0 Å². The Hall–Kier alpha value is -1.16. The van der Waals surface area contributed by atoms with Crippen molar-refractivity contribution >= 4 is 0 Å². The third-order valence-corrected chi connectivity index (χ3v) is 5.38. The van der Waals surface area contributed by atoms with E-state index in [2.05, 4.69) is 39.5 Å². The van der Waals surface area contributed by atoms with Gasteiger partial charge in [0.2, 0.25) is 0 Å². The van der Waals surface area contributed by atoms with Crippen LogP contribution in [0, 0.1) is 5.92 Å². The molecule has 0 saturated carbocycles. The van der Waals surface area contributed by atoms with Gasteiger partial charge in [-0.3, -0.25) is 0 Å². The van der Waals surface area contributed by atoms with Gasteiger partial charge in [0.1, 0.15) is 6.10 Å². The summed E-state index contributed by atoms with van der Waals surface area (Å²) in [5, 5.41) is 0. The van der Waals surface area contributed by atoms with Crippen LogP contribution in [-0.4, -0.2) is 30.5 Å². The Morgan fingerprint density at radius 2 is 1.96 bits per heavy atom. The van der Waals surface area contributed by atoms with Crippen LogP contribution in [0.1, 0.15) is 39.2 Å². The highest BCUT2D eigenvalue weighted by molar-refractivity contribution is 5.33. The van der Waals surface area contributed by atoms with Crippen LogP contribution in [0.25, 0.3) is 0 Å². The van der Waals surface area contributed by atoms with Crippen LogP contribution >= 0.6 is 0 Å². The van der Waals surface area contributed by atoms with E-state index in [1.54, 1.807) is 0 Å². The highest BCUT2D eigenvalue weighted by Crippen LogP contribution is 2.57. The first-order valence-corrected chi connectivity index (χ1v) is 8.61. The predicted octanol–water partition coefficient (Wildman–Crippen LogP) is 4.12. The van der Waals surface area contributed by atoms with E-state index < -0.39 is 0 Å². The highest BCUT2D eigenvalue weighted by Gasteiger charge is 2.63. The van der Waals surface area contributed by atoms with Crippen molar-refractivity contribution in [2.75, 3.05) is 13.2 Å². The van der Waals surface area contributed by atoms with Gasteiger partial charge in [-0.25, -0.2) is 0 Å². The molecule has 2 fully saturated rings. The van der Waals surface area contributed by atoms with E-state index in [0.29, 0.717) is 25.7 Å². The van der Waals surface area contributed by atoms with Crippen molar-refractivity contribution in [3.8, 4) is 0 Å². The molecule has 0 aromatic heterocycles. The Kier molecular flexibility index (Phi) is 4.63. The summed E-state index contributed by atoms with van der Waals surface area (Å²) in [6, 6.07) is 10.2. The molecule has 0 N–H and O–H groups in total. The average molecular weight is 316 g/mol. The molecule has 0 amide bonds. The molecule has 23 heavy (non-hydrogen) atoms. The lowest BCUT2D eigenvalue weighted by Crippen LogP contribution is -2.41. The van der Waals surface area contributed by atoms with Crippen molar-refractivity contribution in [3.63, 3.8) is 0 Å². The van der Waals surface area contributed by atoms with Gasteiger partial charge in [0.15, 0.2) is 0 Å². The van der Waals surface area contributed by atoms with Gasteiger partial charge in [0.25, 0.3) is 0 Å². The topological polar surface area (TPSA) is 27.7 Å². The molecule has 0 aliphatic carbocycles. The lowest BCUT2D eigenvalue weighted by Gasteiger charge is -2.34. The minimum Gasteiger partial charge on any atom is -0.374 e. The Morgan fingerprint density at radius 1 is 1.22 bits per heavy atom. The van der Waals surface area contributed by atoms with Crippen LogP contribution in [0.3, 0.4) is 0 Å². The number of fused-ring (bicyclic) bond motifs is 2. The van der Waals surface area contributed by atoms with Gasteiger partial charge in [-0.2, -0.15) is 0 Å². The molecule has 0 spiro atoms. The maximum Gasteiger partial charge on any atom is 0.110 e. The van der Waals surface area contributed by atoms with E-state index in [0.717, 1.165) is 18.4 Å². The second kappa shape index (κ2) is 6.39. The monoisotopic (exact) mass is 316 g/mol. The van der Waals surface area contributed by atoms with Crippen LogP contribution in [0.5, 0.6) is 0 Å². The average Bonchev–Trinajstić information content (AvgIpc) is 3.00. The molecule has 2 bridgehead atoms. The largest absolute Gasteiger partial charge is 0.374 e. The van der Waals surface area contributed by atoms with Gasteiger partial charge in [-0.1, -0.05) is 50.8 Å². The van der Waals surface area contributed by atoms with Crippen LogP contribution in [0.15, 0.2) is 42.5 Å². The molecule has 2 aliphatic heterocycles. The first-order chi connectivity index (χ1) is 11.0. The molecule has 2 aliphatic rings. The molecule has 2 heterocycles. The maximum absolute atomic E-state index is 6.39. The first kappa shape index (κ1) is 16.7. The second-order valence-corrected chi connectivity index (χ2v) is 7.27. The van der Waals surface area contributed by atoms with Gasteiger partial charge < -0.3 is 14.2 Å². The smallest absolute Gasteiger partial charge is 0.110 e. The summed E-state index contributed by atoms with van der Waals surface area (Å²) >= 11 is 0. The van der Waals surface area contributed by atoms with Crippen LogP contribution in [-0.2, 0) is 20.8 Å².